The lowest BCUT2D eigenvalue weighted by atomic mass is 9.77. The van der Waals surface area contributed by atoms with E-state index in [2.05, 4.69) is 14.9 Å². The van der Waals surface area contributed by atoms with Crippen molar-refractivity contribution >= 4 is 21.9 Å². The Hall–Kier alpha value is -1.99. The van der Waals surface area contributed by atoms with E-state index >= 15 is 0 Å². The van der Waals surface area contributed by atoms with Crippen molar-refractivity contribution in [3.63, 3.8) is 0 Å². The Balaban J connectivity index is 0.000000423. The molecule has 176 valence electrons. The van der Waals surface area contributed by atoms with Crippen LogP contribution in [-0.2, 0) is 19.6 Å². The lowest BCUT2D eigenvalue weighted by molar-refractivity contribution is -0.192. The fourth-order valence-corrected chi connectivity index (χ4v) is 5.07. The predicted octanol–water partition coefficient (Wildman–Crippen LogP) is 1.77. The molecular formula is C18H27F3N4O5S. The standard InChI is InChI=1S/C16H26N4O3S.C2HF3O2/c1-3-24(21,22)19-9-5-16(6-10-19)11-14(12-23-2)20(13-16)15-17-7-4-8-18-15;3-2(4,5)1(6)7/h4,7-8,14H,3,5-6,9-13H2,1-2H3;(H,6,7). The molecule has 2 fully saturated rings. The molecule has 2 saturated heterocycles. The maximum Gasteiger partial charge on any atom is 0.490 e. The molecule has 1 aromatic heterocycles. The van der Waals surface area contributed by atoms with Gasteiger partial charge in [0.15, 0.2) is 0 Å². The van der Waals surface area contributed by atoms with Gasteiger partial charge in [-0.3, -0.25) is 0 Å². The number of hydrogen-bond donors (Lipinski definition) is 1. The van der Waals surface area contributed by atoms with Gasteiger partial charge >= 0.3 is 12.1 Å². The average molecular weight is 468 g/mol. The molecule has 3 heterocycles. The molecule has 0 aromatic carbocycles. The number of hydrogen-bond acceptors (Lipinski definition) is 7. The zero-order valence-corrected chi connectivity index (χ0v) is 18.2. The van der Waals surface area contributed by atoms with E-state index in [4.69, 9.17) is 14.6 Å². The van der Waals surface area contributed by atoms with Gasteiger partial charge in [0.05, 0.1) is 18.4 Å². The van der Waals surface area contributed by atoms with Crippen molar-refractivity contribution in [1.82, 2.24) is 14.3 Å². The van der Waals surface area contributed by atoms with E-state index in [1.54, 1.807) is 30.7 Å². The van der Waals surface area contributed by atoms with Crippen LogP contribution in [0.15, 0.2) is 18.5 Å². The summed E-state index contributed by atoms with van der Waals surface area (Å²) in [7, 11) is -1.37. The summed E-state index contributed by atoms with van der Waals surface area (Å²) in [5.41, 5.74) is 0.127. The van der Waals surface area contributed by atoms with Crippen LogP contribution in [-0.4, -0.2) is 85.1 Å². The van der Waals surface area contributed by atoms with Crippen LogP contribution in [0.4, 0.5) is 19.1 Å². The van der Waals surface area contributed by atoms with Crippen molar-refractivity contribution in [2.75, 3.05) is 44.0 Å². The highest BCUT2D eigenvalue weighted by Gasteiger charge is 2.47. The van der Waals surface area contributed by atoms with Gasteiger partial charge in [0.2, 0.25) is 16.0 Å². The summed E-state index contributed by atoms with van der Waals surface area (Å²) in [6.07, 6.45) is 1.20. The number of rotatable bonds is 5. The van der Waals surface area contributed by atoms with E-state index in [0.29, 0.717) is 19.7 Å². The second-order valence-electron chi connectivity index (χ2n) is 7.59. The largest absolute Gasteiger partial charge is 0.490 e. The van der Waals surface area contributed by atoms with Crippen molar-refractivity contribution in [3.05, 3.63) is 18.5 Å². The summed E-state index contributed by atoms with van der Waals surface area (Å²) in [4.78, 5) is 19.9. The Morgan fingerprint density at radius 1 is 1.29 bits per heavy atom. The minimum absolute atomic E-state index is 0.127. The van der Waals surface area contributed by atoms with E-state index in [1.165, 1.54) is 0 Å². The SMILES string of the molecule is CCS(=O)(=O)N1CCC2(CC1)CC(COC)N(c1ncccn1)C2.O=C(O)C(F)(F)F. The van der Waals surface area contributed by atoms with Crippen molar-refractivity contribution in [3.8, 4) is 0 Å². The Morgan fingerprint density at radius 3 is 2.29 bits per heavy atom. The Labute approximate surface area is 179 Å². The number of aromatic nitrogens is 2. The third kappa shape index (κ3) is 6.50. The quantitative estimate of drug-likeness (QED) is 0.696. The third-order valence-electron chi connectivity index (χ3n) is 5.57. The number of nitrogens with zero attached hydrogens (tertiary/aromatic N) is 4. The molecule has 1 N–H and O–H groups in total. The Morgan fingerprint density at radius 2 is 1.84 bits per heavy atom. The van der Waals surface area contributed by atoms with Crippen LogP contribution in [0.5, 0.6) is 0 Å². The van der Waals surface area contributed by atoms with Crippen molar-refractivity contribution < 1.29 is 36.2 Å². The monoisotopic (exact) mass is 468 g/mol. The van der Waals surface area contributed by atoms with Crippen LogP contribution in [0.3, 0.4) is 0 Å². The van der Waals surface area contributed by atoms with E-state index < -0.39 is 22.2 Å². The zero-order chi connectivity index (χ0) is 23.3. The van der Waals surface area contributed by atoms with Gasteiger partial charge in [-0.2, -0.15) is 13.2 Å². The van der Waals surface area contributed by atoms with E-state index in [9.17, 15) is 21.6 Å². The van der Waals surface area contributed by atoms with Crippen LogP contribution < -0.4 is 4.90 Å². The van der Waals surface area contributed by atoms with Crippen molar-refractivity contribution in [1.29, 1.82) is 0 Å². The molecule has 13 heteroatoms. The van der Waals surface area contributed by atoms with Crippen molar-refractivity contribution in [2.24, 2.45) is 5.41 Å². The minimum Gasteiger partial charge on any atom is -0.475 e. The normalized spacial score (nSPS) is 21.6. The molecule has 31 heavy (non-hydrogen) atoms. The second kappa shape index (κ2) is 10.1. The Kier molecular flexibility index (Phi) is 8.22. The van der Waals surface area contributed by atoms with E-state index in [0.717, 1.165) is 31.8 Å². The number of carboxylic acid groups (broad SMARTS) is 1. The summed E-state index contributed by atoms with van der Waals surface area (Å²) >= 11 is 0. The molecule has 1 spiro atoms. The number of ether oxygens (including phenoxy) is 1. The number of carbonyl (C=O) groups is 1. The van der Waals surface area contributed by atoms with Gasteiger partial charge in [0, 0.05) is 39.1 Å². The first kappa shape index (κ1) is 25.3. The van der Waals surface area contributed by atoms with Crippen LogP contribution >= 0.6 is 0 Å². The highest BCUT2D eigenvalue weighted by molar-refractivity contribution is 7.89. The first-order valence-corrected chi connectivity index (χ1v) is 11.4. The van der Waals surface area contributed by atoms with Gasteiger partial charge in [0.25, 0.3) is 0 Å². The lowest BCUT2D eigenvalue weighted by Crippen LogP contribution is -2.44. The molecule has 1 unspecified atom stereocenters. The molecule has 1 atom stereocenters. The van der Waals surface area contributed by atoms with Gasteiger partial charge < -0.3 is 14.7 Å². The summed E-state index contributed by atoms with van der Waals surface area (Å²) in [5.74, 6) is -1.84. The number of alkyl halides is 3. The topological polar surface area (TPSA) is 113 Å². The fraction of sp³-hybridized carbons (Fsp3) is 0.722. The smallest absolute Gasteiger partial charge is 0.475 e. The molecule has 0 aliphatic carbocycles. The summed E-state index contributed by atoms with van der Waals surface area (Å²) in [5, 5.41) is 7.12. The van der Waals surface area contributed by atoms with Gasteiger partial charge in [-0.1, -0.05) is 0 Å². The third-order valence-corrected chi connectivity index (χ3v) is 7.45. The van der Waals surface area contributed by atoms with Gasteiger partial charge in [-0.15, -0.1) is 0 Å². The number of halogens is 3. The maximum atomic E-state index is 12.1. The number of methoxy groups -OCH3 is 1. The molecular weight excluding hydrogens is 441 g/mol. The highest BCUT2D eigenvalue weighted by Crippen LogP contribution is 2.44. The highest BCUT2D eigenvalue weighted by atomic mass is 32.2. The number of piperidine rings is 1. The molecule has 0 saturated carbocycles. The van der Waals surface area contributed by atoms with Gasteiger partial charge in [-0.05, 0) is 37.7 Å². The second-order valence-corrected chi connectivity index (χ2v) is 9.85. The predicted molar refractivity (Wildman–Crippen MR) is 106 cm³/mol. The van der Waals surface area contributed by atoms with E-state index in [-0.39, 0.29) is 17.2 Å². The fourth-order valence-electron chi connectivity index (χ4n) is 3.96. The number of aliphatic carboxylic acids is 1. The molecule has 2 aliphatic rings. The number of sulfonamides is 1. The van der Waals surface area contributed by atoms with Crippen LogP contribution in [0.25, 0.3) is 0 Å². The van der Waals surface area contributed by atoms with E-state index in [1.807, 2.05) is 6.07 Å². The summed E-state index contributed by atoms with van der Waals surface area (Å²) < 4.78 is 63.0. The van der Waals surface area contributed by atoms with Crippen LogP contribution in [0.1, 0.15) is 26.2 Å². The minimum atomic E-state index is -5.08. The molecule has 2 aliphatic heterocycles. The average Bonchev–Trinajstić information content (AvgIpc) is 3.07. The Bertz CT molecular complexity index is 830. The molecule has 0 bridgehead atoms. The number of anilines is 1. The first-order valence-electron chi connectivity index (χ1n) is 9.74. The number of carboxylic acids is 1. The first-order chi connectivity index (χ1) is 14.4. The molecule has 0 amide bonds. The lowest BCUT2D eigenvalue weighted by Gasteiger charge is -2.38. The van der Waals surface area contributed by atoms with Gasteiger partial charge in [-0.25, -0.2) is 27.5 Å². The van der Waals surface area contributed by atoms with Crippen LogP contribution in [0, 0.1) is 5.41 Å². The summed E-state index contributed by atoms with van der Waals surface area (Å²) in [6.45, 7) is 4.43. The maximum absolute atomic E-state index is 12.1. The van der Waals surface area contributed by atoms with Crippen LogP contribution in [0.2, 0.25) is 0 Å². The molecule has 0 radical (unpaired) electrons. The zero-order valence-electron chi connectivity index (χ0n) is 17.4. The van der Waals surface area contributed by atoms with Crippen molar-refractivity contribution in [2.45, 2.75) is 38.4 Å². The molecule has 3 rings (SSSR count). The molecule has 9 nitrogen and oxygen atoms in total. The summed E-state index contributed by atoms with van der Waals surface area (Å²) in [6, 6.07) is 2.06. The van der Waals surface area contributed by atoms with Gasteiger partial charge in [0.1, 0.15) is 0 Å². The molecule has 1 aromatic rings.